The van der Waals surface area contributed by atoms with Crippen LogP contribution in [-0.4, -0.2) is 83.8 Å². The van der Waals surface area contributed by atoms with E-state index in [0.717, 1.165) is 25.9 Å². The van der Waals surface area contributed by atoms with Crippen molar-refractivity contribution >= 4 is 29.1 Å². The Balaban J connectivity index is 1.58. The van der Waals surface area contributed by atoms with Gasteiger partial charge in [0.2, 0.25) is 11.8 Å². The lowest BCUT2D eigenvalue weighted by molar-refractivity contribution is -0.137. The van der Waals surface area contributed by atoms with Gasteiger partial charge in [-0.2, -0.15) is 0 Å². The van der Waals surface area contributed by atoms with E-state index in [1.165, 1.54) is 16.9 Å². The second kappa shape index (κ2) is 11.8. The number of amides is 3. The topological polar surface area (TPSA) is 73.0 Å². The van der Waals surface area contributed by atoms with Crippen LogP contribution in [0.2, 0.25) is 0 Å². The first-order chi connectivity index (χ1) is 17.0. The first kappa shape index (κ1) is 25.4. The number of carbonyl (C=O) groups is 3. The Morgan fingerprint density at radius 2 is 1.89 bits per heavy atom. The maximum absolute atomic E-state index is 13.7. The van der Waals surface area contributed by atoms with Gasteiger partial charge in [-0.05, 0) is 42.8 Å². The van der Waals surface area contributed by atoms with Crippen LogP contribution in [-0.2, 0) is 16.0 Å². The Kier molecular flexibility index (Phi) is 8.57. The quantitative estimate of drug-likeness (QED) is 0.640. The fraction of sp³-hybridized carbons (Fsp3) is 0.519. The highest BCUT2D eigenvalue weighted by atomic mass is 32.1. The minimum absolute atomic E-state index is 0.00103. The molecule has 2 fully saturated rings. The van der Waals surface area contributed by atoms with E-state index in [1.54, 1.807) is 4.90 Å². The molecule has 2 aromatic rings. The lowest BCUT2D eigenvalue weighted by atomic mass is 10.1. The van der Waals surface area contributed by atoms with Gasteiger partial charge in [-0.15, -0.1) is 11.3 Å². The summed E-state index contributed by atoms with van der Waals surface area (Å²) in [6, 6.07) is 13.1. The zero-order valence-corrected chi connectivity index (χ0v) is 21.5. The van der Waals surface area contributed by atoms with Gasteiger partial charge in [-0.3, -0.25) is 14.4 Å². The minimum Gasteiger partial charge on any atom is -0.340 e. The second-order valence-corrected chi connectivity index (χ2v) is 10.6. The van der Waals surface area contributed by atoms with E-state index in [-0.39, 0.29) is 29.7 Å². The molecule has 8 heteroatoms. The van der Waals surface area contributed by atoms with Crippen molar-refractivity contribution in [2.75, 3.05) is 39.3 Å². The Bertz CT molecular complexity index is 987. The molecule has 1 aromatic carbocycles. The van der Waals surface area contributed by atoms with E-state index in [2.05, 4.69) is 17.4 Å². The lowest BCUT2D eigenvalue weighted by Crippen LogP contribution is -2.48. The molecule has 2 atom stereocenters. The van der Waals surface area contributed by atoms with Gasteiger partial charge in [-0.25, -0.2) is 0 Å². The highest BCUT2D eigenvalue weighted by Crippen LogP contribution is 2.28. The highest BCUT2D eigenvalue weighted by molar-refractivity contribution is 7.12. The van der Waals surface area contributed by atoms with Crippen LogP contribution in [0.25, 0.3) is 0 Å². The van der Waals surface area contributed by atoms with Crippen molar-refractivity contribution in [3.8, 4) is 0 Å². The molecule has 0 radical (unpaired) electrons. The van der Waals surface area contributed by atoms with Crippen molar-refractivity contribution in [2.24, 2.45) is 5.92 Å². The summed E-state index contributed by atoms with van der Waals surface area (Å²) in [5, 5.41) is 5.22. The van der Waals surface area contributed by atoms with Gasteiger partial charge in [0.1, 0.15) is 6.04 Å². The summed E-state index contributed by atoms with van der Waals surface area (Å²) in [7, 11) is 0. The van der Waals surface area contributed by atoms with Gasteiger partial charge in [0.05, 0.1) is 10.9 Å². The third-order valence-corrected chi connectivity index (χ3v) is 7.77. The van der Waals surface area contributed by atoms with E-state index < -0.39 is 6.04 Å². The maximum Gasteiger partial charge on any atom is 0.264 e. The summed E-state index contributed by atoms with van der Waals surface area (Å²) < 4.78 is 0. The largest absolute Gasteiger partial charge is 0.340 e. The van der Waals surface area contributed by atoms with Crippen LogP contribution in [0.4, 0.5) is 0 Å². The summed E-state index contributed by atoms with van der Waals surface area (Å²) in [6.45, 7) is 7.76. The molecule has 2 aliphatic rings. The van der Waals surface area contributed by atoms with E-state index in [0.29, 0.717) is 37.5 Å². The predicted octanol–water partition coefficient (Wildman–Crippen LogP) is 2.88. The lowest BCUT2D eigenvalue weighted by Gasteiger charge is -2.30. The minimum atomic E-state index is -0.549. The Hall–Kier alpha value is -2.71. The van der Waals surface area contributed by atoms with Crippen LogP contribution in [0.3, 0.4) is 0 Å². The molecule has 7 nitrogen and oxygen atoms in total. The molecule has 3 heterocycles. The summed E-state index contributed by atoms with van der Waals surface area (Å²) in [4.78, 5) is 46.6. The second-order valence-electron chi connectivity index (χ2n) is 9.69. The number of likely N-dealkylation sites (tertiary alicyclic amines) is 1. The highest BCUT2D eigenvalue weighted by Gasteiger charge is 2.44. The molecule has 0 aliphatic carbocycles. The molecule has 1 N–H and O–H groups in total. The molecule has 2 unspecified atom stereocenters. The van der Waals surface area contributed by atoms with Crippen molar-refractivity contribution in [2.45, 2.75) is 45.2 Å². The first-order valence-electron chi connectivity index (χ1n) is 12.6. The fourth-order valence-corrected chi connectivity index (χ4v) is 5.69. The van der Waals surface area contributed by atoms with E-state index in [9.17, 15) is 14.4 Å². The molecule has 3 amide bonds. The molecule has 2 aliphatic heterocycles. The number of hydrogen-bond acceptors (Lipinski definition) is 5. The number of rotatable bonds is 7. The van der Waals surface area contributed by atoms with Crippen molar-refractivity contribution in [3.63, 3.8) is 0 Å². The molecule has 0 bridgehead atoms. The molecular weight excluding hydrogens is 460 g/mol. The average molecular weight is 497 g/mol. The van der Waals surface area contributed by atoms with Gasteiger partial charge >= 0.3 is 0 Å². The predicted molar refractivity (Wildman–Crippen MR) is 138 cm³/mol. The zero-order valence-electron chi connectivity index (χ0n) is 20.7. The number of benzene rings is 1. The normalized spacial score (nSPS) is 20.7. The van der Waals surface area contributed by atoms with Crippen LogP contribution in [0, 0.1) is 5.92 Å². The van der Waals surface area contributed by atoms with Crippen molar-refractivity contribution in [1.29, 1.82) is 0 Å². The standard InChI is InChI=1S/C27H36N4O3S/c1-20(2)25(32)30(15-11-21-8-4-3-5-9-21)22-18-23(26(33)29-14-7-12-28-13-16-29)31(19-22)27(34)24-10-6-17-35-24/h3-6,8-10,17,20,22-23,28H,7,11-16,18-19H2,1-2H3. The molecule has 0 saturated carbocycles. The molecule has 2 saturated heterocycles. The summed E-state index contributed by atoms with van der Waals surface area (Å²) in [5.74, 6) is -0.199. The average Bonchev–Trinajstić information content (AvgIpc) is 3.48. The van der Waals surface area contributed by atoms with Crippen LogP contribution in [0.5, 0.6) is 0 Å². The van der Waals surface area contributed by atoms with Gasteiger partial charge < -0.3 is 20.0 Å². The Labute approximate surface area is 212 Å². The van der Waals surface area contributed by atoms with Crippen LogP contribution in [0.15, 0.2) is 47.8 Å². The van der Waals surface area contributed by atoms with Crippen molar-refractivity contribution in [1.82, 2.24) is 20.0 Å². The number of thiophene rings is 1. The van der Waals surface area contributed by atoms with Gasteiger partial charge in [-0.1, -0.05) is 50.2 Å². The summed E-state index contributed by atoms with van der Waals surface area (Å²) in [6.07, 6.45) is 2.12. The zero-order chi connectivity index (χ0) is 24.8. The van der Waals surface area contributed by atoms with E-state index in [4.69, 9.17) is 0 Å². The molecule has 188 valence electrons. The molecule has 1 aromatic heterocycles. The Morgan fingerprint density at radius 1 is 1.09 bits per heavy atom. The number of hydrogen-bond donors (Lipinski definition) is 1. The fourth-order valence-electron chi connectivity index (χ4n) is 5.02. The monoisotopic (exact) mass is 496 g/mol. The van der Waals surface area contributed by atoms with Crippen molar-refractivity contribution < 1.29 is 14.4 Å². The third-order valence-electron chi connectivity index (χ3n) is 6.91. The number of carbonyl (C=O) groups excluding carboxylic acids is 3. The van der Waals surface area contributed by atoms with Gasteiger partial charge in [0, 0.05) is 38.6 Å². The summed E-state index contributed by atoms with van der Waals surface area (Å²) in [5.41, 5.74) is 1.17. The van der Waals surface area contributed by atoms with E-state index in [1.807, 2.05) is 59.4 Å². The van der Waals surface area contributed by atoms with Crippen molar-refractivity contribution in [3.05, 3.63) is 58.3 Å². The summed E-state index contributed by atoms with van der Waals surface area (Å²) >= 11 is 1.39. The molecule has 4 rings (SSSR count). The van der Waals surface area contributed by atoms with Crippen LogP contribution in [0.1, 0.15) is 41.9 Å². The third kappa shape index (κ3) is 6.11. The first-order valence-corrected chi connectivity index (χ1v) is 13.5. The number of nitrogens with zero attached hydrogens (tertiary/aromatic N) is 3. The molecular formula is C27H36N4O3S. The molecule has 0 spiro atoms. The smallest absolute Gasteiger partial charge is 0.264 e. The maximum atomic E-state index is 13.7. The van der Waals surface area contributed by atoms with Crippen LogP contribution < -0.4 is 5.32 Å². The number of nitrogens with one attached hydrogen (secondary N) is 1. The SMILES string of the molecule is CC(C)C(=O)N(CCc1ccccc1)C1CC(C(=O)N2CCCNCC2)N(C(=O)c2cccs2)C1. The Morgan fingerprint density at radius 3 is 2.60 bits per heavy atom. The van der Waals surface area contributed by atoms with E-state index >= 15 is 0 Å². The molecule has 35 heavy (non-hydrogen) atoms. The van der Waals surface area contributed by atoms with Gasteiger partial charge in [0.25, 0.3) is 5.91 Å². The van der Waals surface area contributed by atoms with Gasteiger partial charge in [0.15, 0.2) is 0 Å². The van der Waals surface area contributed by atoms with Crippen LogP contribution >= 0.6 is 11.3 Å².